The van der Waals surface area contributed by atoms with E-state index in [1.54, 1.807) is 11.3 Å². The molecule has 0 saturated heterocycles. The van der Waals surface area contributed by atoms with Crippen LogP contribution in [0.2, 0.25) is 0 Å². The third-order valence-corrected chi connectivity index (χ3v) is 15.6. The molecule has 1 aliphatic carbocycles. The first-order valence-corrected chi connectivity index (χ1v) is 24.0. The summed E-state index contributed by atoms with van der Waals surface area (Å²) in [4.78, 5) is 5.27. The summed E-state index contributed by atoms with van der Waals surface area (Å²) in [5, 5.41) is 9.65. The van der Waals surface area contributed by atoms with Gasteiger partial charge in [-0.2, -0.15) is 0 Å². The number of fused-ring (bicyclic) bond motifs is 13. The molecule has 319 valence electrons. The van der Waals surface area contributed by atoms with Crippen LogP contribution in [0.25, 0.3) is 92.5 Å². The van der Waals surface area contributed by atoms with E-state index in [1.165, 1.54) is 60.0 Å². The van der Waals surface area contributed by atoms with Crippen LogP contribution in [0.5, 0.6) is 0 Å². The molecule has 0 saturated carbocycles. The summed E-state index contributed by atoms with van der Waals surface area (Å²) < 4.78 is 10.9. The van der Waals surface area contributed by atoms with Crippen molar-refractivity contribution in [1.82, 2.24) is 9.55 Å². The molecule has 6 heteroatoms. The van der Waals surface area contributed by atoms with Crippen molar-refractivity contribution < 1.29 is 4.42 Å². The number of nitrogens with one attached hydrogen (secondary N) is 1. The molecule has 0 spiro atoms. The third kappa shape index (κ3) is 5.67. The summed E-state index contributed by atoms with van der Waals surface area (Å²) in [7, 11) is 2.45. The van der Waals surface area contributed by atoms with Gasteiger partial charge in [0, 0.05) is 49.8 Å². The van der Waals surface area contributed by atoms with Crippen molar-refractivity contribution in [3.05, 3.63) is 168 Å². The standard InChI is InChI=1S/C60H49BN3OS/c1-58(2,3)34-22-25-36(26-23-34)62-45-30-43-39(37-18-12-14-20-42(37)60(43,7)8)29-40(45)51-52-38-19-13-15-21-49(38)65-56(52)53-41-28-35(59(4,5)6)24-27-47(41)64-48-32-50-46(31-44(48)61-54(51)55(53)64)63-57(66-50)33-16-10-9-11-17-33/h9-32,62H,1-8H3. The lowest BCUT2D eigenvalue weighted by molar-refractivity contribution is 0.590. The Morgan fingerprint density at radius 1 is 0.652 bits per heavy atom. The van der Waals surface area contributed by atoms with Crippen LogP contribution in [0.4, 0.5) is 11.4 Å². The molecule has 0 atom stereocenters. The number of nitrogens with zero attached hydrogens (tertiary/aromatic N) is 2. The smallest absolute Gasteiger partial charge is 0.198 e. The van der Waals surface area contributed by atoms with E-state index in [2.05, 4.69) is 218 Å². The minimum atomic E-state index is -0.188. The maximum absolute atomic E-state index is 7.24. The molecule has 2 aliphatic rings. The predicted octanol–water partition coefficient (Wildman–Crippen LogP) is 15.2. The Balaban J connectivity index is 1.17. The second kappa shape index (κ2) is 13.6. The molecule has 1 aliphatic heterocycles. The summed E-state index contributed by atoms with van der Waals surface area (Å²) in [6.07, 6.45) is 0. The van der Waals surface area contributed by atoms with Crippen molar-refractivity contribution in [1.29, 1.82) is 0 Å². The van der Waals surface area contributed by atoms with Crippen molar-refractivity contribution in [2.45, 2.75) is 71.6 Å². The van der Waals surface area contributed by atoms with Crippen molar-refractivity contribution in [2.24, 2.45) is 0 Å². The molecule has 1 radical (unpaired) electrons. The first-order chi connectivity index (χ1) is 31.7. The number of para-hydroxylation sites is 1. The van der Waals surface area contributed by atoms with Gasteiger partial charge in [-0.25, -0.2) is 4.98 Å². The van der Waals surface area contributed by atoms with Gasteiger partial charge in [0.25, 0.3) is 0 Å². The molecule has 4 nitrogen and oxygen atoms in total. The Kier molecular flexibility index (Phi) is 8.13. The van der Waals surface area contributed by atoms with Gasteiger partial charge in [0.05, 0.1) is 26.6 Å². The first-order valence-electron chi connectivity index (χ1n) is 23.2. The normalized spacial score (nSPS) is 14.0. The zero-order valence-electron chi connectivity index (χ0n) is 38.6. The number of thiazole rings is 1. The monoisotopic (exact) mass is 870 g/mol. The minimum absolute atomic E-state index is 0.0462. The van der Waals surface area contributed by atoms with Crippen LogP contribution < -0.4 is 16.2 Å². The van der Waals surface area contributed by atoms with Crippen LogP contribution in [-0.4, -0.2) is 16.8 Å². The van der Waals surface area contributed by atoms with E-state index in [9.17, 15) is 0 Å². The average Bonchev–Trinajstić information content (AvgIpc) is 4.05. The fraction of sp³-hybridized carbons (Fsp3) is 0.183. The van der Waals surface area contributed by atoms with Gasteiger partial charge in [0.1, 0.15) is 16.2 Å². The van der Waals surface area contributed by atoms with E-state index in [0.717, 1.165) is 77.1 Å². The Bertz CT molecular complexity index is 3850. The van der Waals surface area contributed by atoms with Gasteiger partial charge in [-0.3, -0.25) is 0 Å². The predicted molar refractivity (Wildman–Crippen MR) is 282 cm³/mol. The minimum Gasteiger partial charge on any atom is -0.455 e. The molecule has 0 fully saturated rings. The quantitative estimate of drug-likeness (QED) is 0.179. The second-order valence-electron chi connectivity index (χ2n) is 21.1. The number of rotatable bonds is 4. The summed E-state index contributed by atoms with van der Waals surface area (Å²) in [5.74, 6) is 0. The molecule has 13 rings (SSSR count). The topological polar surface area (TPSA) is 43.0 Å². The summed E-state index contributed by atoms with van der Waals surface area (Å²) in [6, 6.07) is 53.9. The highest BCUT2D eigenvalue weighted by Crippen LogP contribution is 2.54. The van der Waals surface area contributed by atoms with Crippen molar-refractivity contribution in [3.8, 4) is 38.5 Å². The third-order valence-electron chi connectivity index (χ3n) is 14.5. The van der Waals surface area contributed by atoms with Crippen molar-refractivity contribution in [3.63, 3.8) is 0 Å². The van der Waals surface area contributed by atoms with Gasteiger partial charge < -0.3 is 14.3 Å². The molecule has 4 heterocycles. The van der Waals surface area contributed by atoms with E-state index in [1.807, 2.05) is 0 Å². The highest BCUT2D eigenvalue weighted by molar-refractivity contribution is 7.21. The van der Waals surface area contributed by atoms with Gasteiger partial charge in [-0.1, -0.05) is 152 Å². The number of aromatic nitrogens is 2. The van der Waals surface area contributed by atoms with Gasteiger partial charge in [-0.15, -0.1) is 11.3 Å². The van der Waals surface area contributed by atoms with Crippen molar-refractivity contribution >= 4 is 94.9 Å². The van der Waals surface area contributed by atoms with E-state index in [-0.39, 0.29) is 16.2 Å². The summed E-state index contributed by atoms with van der Waals surface area (Å²) >= 11 is 1.76. The van der Waals surface area contributed by atoms with E-state index in [4.69, 9.17) is 9.40 Å². The molecule has 8 aromatic carbocycles. The lowest BCUT2D eigenvalue weighted by atomic mass is 9.58. The Morgan fingerprint density at radius 2 is 1.38 bits per heavy atom. The van der Waals surface area contributed by atoms with Gasteiger partial charge >= 0.3 is 0 Å². The average molecular weight is 871 g/mol. The Labute approximate surface area is 390 Å². The number of benzene rings is 8. The van der Waals surface area contributed by atoms with Crippen LogP contribution in [-0.2, 0) is 16.2 Å². The number of hydrogen-bond donors (Lipinski definition) is 1. The highest BCUT2D eigenvalue weighted by atomic mass is 32.1. The van der Waals surface area contributed by atoms with Crippen LogP contribution in [0.15, 0.2) is 150 Å². The molecule has 66 heavy (non-hydrogen) atoms. The van der Waals surface area contributed by atoms with Gasteiger partial charge in [0.15, 0.2) is 7.28 Å². The number of hydrogen-bond acceptors (Lipinski definition) is 4. The zero-order chi connectivity index (χ0) is 45.0. The molecule has 0 amide bonds. The Morgan fingerprint density at radius 3 is 2.17 bits per heavy atom. The Hall–Kier alpha value is -6.89. The zero-order valence-corrected chi connectivity index (χ0v) is 39.5. The molecule has 0 unspecified atom stereocenters. The van der Waals surface area contributed by atoms with Crippen LogP contribution in [0.1, 0.15) is 77.6 Å². The lowest BCUT2D eigenvalue weighted by Gasteiger charge is -2.26. The summed E-state index contributed by atoms with van der Waals surface area (Å²) in [5.41, 5.74) is 21.8. The van der Waals surface area contributed by atoms with E-state index >= 15 is 0 Å². The van der Waals surface area contributed by atoms with Gasteiger partial charge in [0.2, 0.25) is 0 Å². The van der Waals surface area contributed by atoms with Crippen LogP contribution >= 0.6 is 11.3 Å². The van der Waals surface area contributed by atoms with Crippen molar-refractivity contribution in [2.75, 3.05) is 5.32 Å². The molecular weight excluding hydrogens is 822 g/mol. The van der Waals surface area contributed by atoms with E-state index < -0.39 is 0 Å². The molecule has 3 aromatic heterocycles. The van der Waals surface area contributed by atoms with Crippen LogP contribution in [0.3, 0.4) is 0 Å². The molecular formula is C60H49BN3OS. The molecule has 0 bridgehead atoms. The highest BCUT2D eigenvalue weighted by Gasteiger charge is 2.38. The number of anilines is 2. The largest absolute Gasteiger partial charge is 0.455 e. The fourth-order valence-electron chi connectivity index (χ4n) is 11.1. The van der Waals surface area contributed by atoms with Crippen LogP contribution in [0, 0.1) is 0 Å². The maximum atomic E-state index is 7.24. The second-order valence-corrected chi connectivity index (χ2v) is 22.1. The summed E-state index contributed by atoms with van der Waals surface area (Å²) in [6.45, 7) is 18.5. The van der Waals surface area contributed by atoms with Gasteiger partial charge in [-0.05, 0) is 110 Å². The molecule has 1 N–H and O–H groups in total. The maximum Gasteiger partial charge on any atom is 0.198 e. The lowest BCUT2D eigenvalue weighted by Crippen LogP contribution is -2.37. The SMILES string of the molecule is CC(C)(C)c1ccc(Nc2cc3c(cc2-c2c4c5c(c6cc(C(C)(C)C)ccc6n5-c5cc6sc(-c7ccccc7)nc6cc5[B]4)c4oc5ccccc5c24)-c2ccccc2C3(C)C)cc1. The first kappa shape index (κ1) is 39.5. The molecule has 11 aromatic rings. The van der Waals surface area contributed by atoms with E-state index in [0.29, 0.717) is 0 Å². The fourth-order valence-corrected chi connectivity index (χ4v) is 12.0. The number of furan rings is 1.